The summed E-state index contributed by atoms with van der Waals surface area (Å²) in [5.41, 5.74) is 2.11. The van der Waals surface area contributed by atoms with E-state index in [4.69, 9.17) is 16.3 Å². The van der Waals surface area contributed by atoms with Crippen LogP contribution in [0.5, 0.6) is 5.75 Å². The van der Waals surface area contributed by atoms with Gasteiger partial charge in [0.25, 0.3) is 0 Å². The SMILES string of the molecule is COc1cccc(C(=O)c2ccc(C)cc2Cl)c1. The van der Waals surface area contributed by atoms with E-state index >= 15 is 0 Å². The normalized spacial score (nSPS) is 10.2. The van der Waals surface area contributed by atoms with E-state index in [1.807, 2.05) is 13.0 Å². The summed E-state index contributed by atoms with van der Waals surface area (Å²) in [5.74, 6) is 0.558. The van der Waals surface area contributed by atoms with Crippen LogP contribution < -0.4 is 4.74 Å². The van der Waals surface area contributed by atoms with Gasteiger partial charge < -0.3 is 4.74 Å². The van der Waals surface area contributed by atoms with E-state index in [1.165, 1.54) is 0 Å². The highest BCUT2D eigenvalue weighted by molar-refractivity contribution is 6.35. The average molecular weight is 261 g/mol. The molecule has 0 amide bonds. The first kappa shape index (κ1) is 12.7. The van der Waals surface area contributed by atoms with E-state index in [2.05, 4.69) is 0 Å². The Morgan fingerprint density at radius 3 is 2.61 bits per heavy atom. The Morgan fingerprint density at radius 1 is 1.17 bits per heavy atom. The molecule has 2 nitrogen and oxygen atoms in total. The third-order valence-electron chi connectivity index (χ3n) is 2.70. The van der Waals surface area contributed by atoms with Crippen molar-refractivity contribution in [3.8, 4) is 5.75 Å². The molecule has 2 rings (SSSR count). The number of rotatable bonds is 3. The van der Waals surface area contributed by atoms with Crippen molar-refractivity contribution in [3.63, 3.8) is 0 Å². The number of methoxy groups -OCH3 is 1. The monoisotopic (exact) mass is 260 g/mol. The fraction of sp³-hybridized carbons (Fsp3) is 0.133. The van der Waals surface area contributed by atoms with E-state index in [1.54, 1.807) is 43.5 Å². The Kier molecular flexibility index (Phi) is 3.68. The molecule has 2 aromatic carbocycles. The molecular formula is C15H13ClO2. The van der Waals surface area contributed by atoms with Gasteiger partial charge in [0.05, 0.1) is 12.1 Å². The molecule has 0 radical (unpaired) electrons. The van der Waals surface area contributed by atoms with Crippen molar-refractivity contribution >= 4 is 17.4 Å². The molecule has 0 saturated heterocycles. The van der Waals surface area contributed by atoms with Crippen molar-refractivity contribution < 1.29 is 9.53 Å². The highest BCUT2D eigenvalue weighted by Gasteiger charge is 2.13. The summed E-state index contributed by atoms with van der Waals surface area (Å²) in [4.78, 5) is 12.3. The van der Waals surface area contributed by atoms with E-state index in [9.17, 15) is 4.79 Å². The second kappa shape index (κ2) is 5.23. The Balaban J connectivity index is 2.41. The third kappa shape index (κ3) is 2.54. The quantitative estimate of drug-likeness (QED) is 0.783. The average Bonchev–Trinajstić information content (AvgIpc) is 2.38. The highest BCUT2D eigenvalue weighted by atomic mass is 35.5. The maximum absolute atomic E-state index is 12.3. The summed E-state index contributed by atoms with van der Waals surface area (Å²) in [5, 5.41) is 0.475. The van der Waals surface area contributed by atoms with Gasteiger partial charge in [-0.15, -0.1) is 0 Å². The fourth-order valence-corrected chi connectivity index (χ4v) is 2.05. The number of halogens is 1. The van der Waals surface area contributed by atoms with Crippen molar-refractivity contribution in [1.29, 1.82) is 0 Å². The number of ether oxygens (including phenoxy) is 1. The molecule has 0 N–H and O–H groups in total. The summed E-state index contributed by atoms with van der Waals surface area (Å²) in [6, 6.07) is 12.5. The van der Waals surface area contributed by atoms with Crippen LogP contribution in [0.2, 0.25) is 5.02 Å². The van der Waals surface area contributed by atoms with Crippen LogP contribution in [0.15, 0.2) is 42.5 Å². The molecule has 0 aromatic heterocycles. The molecule has 0 heterocycles. The molecule has 0 aliphatic rings. The summed E-state index contributed by atoms with van der Waals surface area (Å²) >= 11 is 6.10. The van der Waals surface area contributed by atoms with Gasteiger partial charge in [-0.05, 0) is 36.8 Å². The first-order valence-corrected chi connectivity index (χ1v) is 5.94. The van der Waals surface area contributed by atoms with Gasteiger partial charge in [-0.3, -0.25) is 4.79 Å². The van der Waals surface area contributed by atoms with E-state index in [-0.39, 0.29) is 5.78 Å². The second-order valence-corrected chi connectivity index (χ2v) is 4.45. The Morgan fingerprint density at radius 2 is 1.94 bits per heavy atom. The van der Waals surface area contributed by atoms with Gasteiger partial charge in [-0.2, -0.15) is 0 Å². The van der Waals surface area contributed by atoms with Crippen LogP contribution in [0.4, 0.5) is 0 Å². The van der Waals surface area contributed by atoms with Crippen molar-refractivity contribution in [2.45, 2.75) is 6.92 Å². The standard InChI is InChI=1S/C15H13ClO2/c1-10-6-7-13(14(16)8-10)15(17)11-4-3-5-12(9-11)18-2/h3-9H,1-2H3. The minimum atomic E-state index is -0.0982. The lowest BCUT2D eigenvalue weighted by molar-refractivity contribution is 0.103. The zero-order valence-corrected chi connectivity index (χ0v) is 11.0. The largest absolute Gasteiger partial charge is 0.497 e. The molecule has 0 saturated carbocycles. The molecule has 0 bridgehead atoms. The van der Waals surface area contributed by atoms with Gasteiger partial charge in [0.15, 0.2) is 5.78 Å². The van der Waals surface area contributed by atoms with Gasteiger partial charge in [0.2, 0.25) is 0 Å². The second-order valence-electron chi connectivity index (χ2n) is 4.04. The number of hydrogen-bond acceptors (Lipinski definition) is 2. The molecule has 0 atom stereocenters. The maximum Gasteiger partial charge on any atom is 0.194 e. The highest BCUT2D eigenvalue weighted by Crippen LogP contribution is 2.22. The molecule has 0 aliphatic carbocycles. The molecule has 92 valence electrons. The van der Waals surface area contributed by atoms with Crippen LogP contribution in [-0.4, -0.2) is 12.9 Å². The molecule has 3 heteroatoms. The predicted molar refractivity (Wildman–Crippen MR) is 72.6 cm³/mol. The lowest BCUT2D eigenvalue weighted by Crippen LogP contribution is -2.02. The zero-order chi connectivity index (χ0) is 13.1. The number of benzene rings is 2. The van der Waals surface area contributed by atoms with Crippen LogP contribution in [-0.2, 0) is 0 Å². The zero-order valence-electron chi connectivity index (χ0n) is 10.2. The van der Waals surface area contributed by atoms with Gasteiger partial charge in [-0.1, -0.05) is 29.8 Å². The summed E-state index contributed by atoms with van der Waals surface area (Å²) in [7, 11) is 1.57. The number of carbonyl (C=O) groups is 1. The molecule has 0 fully saturated rings. The lowest BCUT2D eigenvalue weighted by atomic mass is 10.0. The van der Waals surface area contributed by atoms with E-state index < -0.39 is 0 Å². The summed E-state index contributed by atoms with van der Waals surface area (Å²) in [6.07, 6.45) is 0. The predicted octanol–water partition coefficient (Wildman–Crippen LogP) is 3.89. The fourth-order valence-electron chi connectivity index (χ4n) is 1.72. The van der Waals surface area contributed by atoms with Crippen LogP contribution in [0.3, 0.4) is 0 Å². The number of aryl methyl sites for hydroxylation is 1. The third-order valence-corrected chi connectivity index (χ3v) is 3.01. The van der Waals surface area contributed by atoms with Gasteiger partial charge in [0.1, 0.15) is 5.75 Å². The van der Waals surface area contributed by atoms with Gasteiger partial charge in [-0.25, -0.2) is 0 Å². The van der Waals surface area contributed by atoms with Crippen LogP contribution in [0.1, 0.15) is 21.5 Å². The molecule has 0 unspecified atom stereocenters. The Bertz CT molecular complexity index is 591. The maximum atomic E-state index is 12.3. The first-order valence-electron chi connectivity index (χ1n) is 5.56. The van der Waals surface area contributed by atoms with Gasteiger partial charge in [0, 0.05) is 11.1 Å². The lowest BCUT2D eigenvalue weighted by Gasteiger charge is -2.06. The van der Waals surface area contributed by atoms with Crippen LogP contribution >= 0.6 is 11.6 Å². The summed E-state index contributed by atoms with van der Waals surface area (Å²) in [6.45, 7) is 1.94. The van der Waals surface area contributed by atoms with Crippen molar-refractivity contribution in [2.24, 2.45) is 0 Å². The first-order chi connectivity index (χ1) is 8.61. The Hall–Kier alpha value is -1.80. The van der Waals surface area contributed by atoms with Gasteiger partial charge >= 0.3 is 0 Å². The molecule has 18 heavy (non-hydrogen) atoms. The molecule has 0 aliphatic heterocycles. The van der Waals surface area contributed by atoms with Crippen molar-refractivity contribution in [3.05, 3.63) is 64.2 Å². The summed E-state index contributed by atoms with van der Waals surface area (Å²) < 4.78 is 5.11. The van der Waals surface area contributed by atoms with E-state index in [0.717, 1.165) is 5.56 Å². The minimum absolute atomic E-state index is 0.0982. The van der Waals surface area contributed by atoms with Crippen molar-refractivity contribution in [2.75, 3.05) is 7.11 Å². The van der Waals surface area contributed by atoms with Crippen LogP contribution in [0, 0.1) is 6.92 Å². The smallest absolute Gasteiger partial charge is 0.194 e. The van der Waals surface area contributed by atoms with Crippen molar-refractivity contribution in [1.82, 2.24) is 0 Å². The van der Waals surface area contributed by atoms with E-state index in [0.29, 0.717) is 21.9 Å². The Labute approximate surface area is 111 Å². The number of carbonyl (C=O) groups excluding carboxylic acids is 1. The molecule has 2 aromatic rings. The minimum Gasteiger partial charge on any atom is -0.497 e. The molecular weight excluding hydrogens is 248 g/mol. The number of hydrogen-bond donors (Lipinski definition) is 0. The van der Waals surface area contributed by atoms with Crippen LogP contribution in [0.25, 0.3) is 0 Å². The number of ketones is 1. The topological polar surface area (TPSA) is 26.3 Å². The molecule has 0 spiro atoms.